The van der Waals surface area contributed by atoms with E-state index in [2.05, 4.69) is 20.4 Å². The minimum Gasteiger partial charge on any atom is -0.393 e. The Hall–Kier alpha value is -0.890. The van der Waals surface area contributed by atoms with Gasteiger partial charge in [-0.25, -0.2) is 0 Å². The third kappa shape index (κ3) is 1.99. The first-order valence-electron chi connectivity index (χ1n) is 6.53. The molecular formula is C15H22O2. The largest absolute Gasteiger partial charge is 0.393 e. The topological polar surface area (TPSA) is 37.3 Å². The van der Waals surface area contributed by atoms with Gasteiger partial charge in [-0.3, -0.25) is 4.79 Å². The van der Waals surface area contributed by atoms with Crippen LogP contribution in [0, 0.1) is 17.3 Å². The Morgan fingerprint density at radius 3 is 3.00 bits per heavy atom. The molecule has 2 aliphatic carbocycles. The van der Waals surface area contributed by atoms with E-state index in [9.17, 15) is 9.90 Å². The summed E-state index contributed by atoms with van der Waals surface area (Å²) in [5, 5.41) is 10.0. The Morgan fingerprint density at radius 1 is 1.65 bits per heavy atom. The maximum Gasteiger partial charge on any atom is 0.159 e. The number of fused-ring (bicyclic) bond motifs is 1. The van der Waals surface area contributed by atoms with E-state index in [1.165, 1.54) is 5.57 Å². The second-order valence-electron chi connectivity index (χ2n) is 5.81. The SMILES string of the molecule is C=CC[C@@H]1C[C@@]2(C)C(=CC1=O)CC[C@H](O)[C@@H]2C. The molecule has 0 unspecified atom stereocenters. The van der Waals surface area contributed by atoms with E-state index >= 15 is 0 Å². The van der Waals surface area contributed by atoms with Crippen LogP contribution in [0.4, 0.5) is 0 Å². The molecule has 0 amide bonds. The average molecular weight is 234 g/mol. The molecule has 0 heterocycles. The summed E-state index contributed by atoms with van der Waals surface area (Å²) in [4.78, 5) is 12.0. The van der Waals surface area contributed by atoms with Gasteiger partial charge in [-0.15, -0.1) is 6.58 Å². The fraction of sp³-hybridized carbons (Fsp3) is 0.667. The van der Waals surface area contributed by atoms with Crippen molar-refractivity contribution < 1.29 is 9.90 Å². The van der Waals surface area contributed by atoms with E-state index in [1.807, 2.05) is 12.2 Å². The highest BCUT2D eigenvalue weighted by Gasteiger charge is 2.46. The number of hydrogen-bond donors (Lipinski definition) is 1. The van der Waals surface area contributed by atoms with E-state index in [4.69, 9.17) is 0 Å². The molecule has 94 valence electrons. The quantitative estimate of drug-likeness (QED) is 0.746. The Labute approximate surface area is 103 Å². The monoisotopic (exact) mass is 234 g/mol. The summed E-state index contributed by atoms with van der Waals surface area (Å²) in [5.41, 5.74) is 1.25. The lowest BCUT2D eigenvalue weighted by molar-refractivity contribution is -0.121. The molecular weight excluding hydrogens is 212 g/mol. The molecule has 2 nitrogen and oxygen atoms in total. The molecule has 4 atom stereocenters. The summed E-state index contributed by atoms with van der Waals surface area (Å²) in [6.07, 6.45) is 6.73. The van der Waals surface area contributed by atoms with Gasteiger partial charge in [0.2, 0.25) is 0 Å². The minimum absolute atomic E-state index is 0.000741. The molecule has 0 bridgehead atoms. The van der Waals surface area contributed by atoms with E-state index in [0.717, 1.165) is 25.7 Å². The number of rotatable bonds is 2. The summed E-state index contributed by atoms with van der Waals surface area (Å²) < 4.78 is 0. The van der Waals surface area contributed by atoms with Crippen LogP contribution in [-0.4, -0.2) is 17.0 Å². The van der Waals surface area contributed by atoms with E-state index in [-0.39, 0.29) is 29.1 Å². The van der Waals surface area contributed by atoms with Gasteiger partial charge in [0.05, 0.1) is 6.10 Å². The van der Waals surface area contributed by atoms with E-state index in [0.29, 0.717) is 0 Å². The molecule has 0 aromatic rings. The van der Waals surface area contributed by atoms with Crippen LogP contribution < -0.4 is 0 Å². The van der Waals surface area contributed by atoms with Crippen LogP contribution in [-0.2, 0) is 4.79 Å². The Kier molecular flexibility index (Phi) is 3.26. The fourth-order valence-corrected chi connectivity index (χ4v) is 3.41. The van der Waals surface area contributed by atoms with E-state index in [1.54, 1.807) is 0 Å². The number of ketones is 1. The molecule has 0 aliphatic heterocycles. The van der Waals surface area contributed by atoms with Gasteiger partial charge in [-0.2, -0.15) is 0 Å². The highest BCUT2D eigenvalue weighted by Crippen LogP contribution is 2.51. The van der Waals surface area contributed by atoms with Crippen molar-refractivity contribution in [2.24, 2.45) is 17.3 Å². The maximum atomic E-state index is 12.0. The van der Waals surface area contributed by atoms with Gasteiger partial charge < -0.3 is 5.11 Å². The molecule has 0 spiro atoms. The summed E-state index contributed by atoms with van der Waals surface area (Å²) in [7, 11) is 0. The van der Waals surface area contributed by atoms with Crippen LogP contribution in [0.3, 0.4) is 0 Å². The van der Waals surface area contributed by atoms with Crippen LogP contribution in [0.5, 0.6) is 0 Å². The Balaban J connectivity index is 2.32. The van der Waals surface area contributed by atoms with Crippen LogP contribution in [0.15, 0.2) is 24.3 Å². The average Bonchev–Trinajstić information content (AvgIpc) is 2.29. The molecule has 2 heteroatoms. The second kappa shape index (κ2) is 4.41. The lowest BCUT2D eigenvalue weighted by Crippen LogP contribution is -2.44. The zero-order valence-corrected chi connectivity index (χ0v) is 10.8. The van der Waals surface area contributed by atoms with Gasteiger partial charge in [-0.05, 0) is 43.1 Å². The standard InChI is InChI=1S/C15H22O2/c1-4-5-11-9-15(3)10(2)13(16)7-6-12(15)8-14(11)17/h4,8,10-11,13,16H,1,5-7,9H2,2-3H3/t10-,11+,13-,15+/m0/s1. The number of hydrogen-bond acceptors (Lipinski definition) is 2. The van der Waals surface area contributed by atoms with Gasteiger partial charge in [0, 0.05) is 5.92 Å². The molecule has 0 aromatic heterocycles. The van der Waals surface area contributed by atoms with Crippen molar-refractivity contribution in [2.45, 2.75) is 45.6 Å². The highest BCUT2D eigenvalue weighted by molar-refractivity contribution is 5.93. The minimum atomic E-state index is -0.227. The molecule has 2 rings (SSSR count). The van der Waals surface area contributed by atoms with Crippen molar-refractivity contribution in [3.05, 3.63) is 24.3 Å². The maximum absolute atomic E-state index is 12.0. The predicted octanol–water partition coefficient (Wildman–Crippen LogP) is 2.88. The number of aliphatic hydroxyl groups excluding tert-OH is 1. The lowest BCUT2D eigenvalue weighted by atomic mass is 9.57. The van der Waals surface area contributed by atoms with Gasteiger partial charge in [0.1, 0.15) is 0 Å². The molecule has 0 aromatic carbocycles. The zero-order valence-electron chi connectivity index (χ0n) is 10.8. The van der Waals surface area contributed by atoms with Gasteiger partial charge in [0.15, 0.2) is 5.78 Å². The molecule has 17 heavy (non-hydrogen) atoms. The third-order valence-electron chi connectivity index (χ3n) is 4.87. The fourth-order valence-electron chi connectivity index (χ4n) is 3.41. The molecule has 1 saturated carbocycles. The van der Waals surface area contributed by atoms with E-state index < -0.39 is 0 Å². The number of aliphatic hydroxyl groups is 1. The first kappa shape index (κ1) is 12.6. The number of allylic oxidation sites excluding steroid dienone is 3. The van der Waals surface area contributed by atoms with Crippen LogP contribution in [0.2, 0.25) is 0 Å². The second-order valence-corrected chi connectivity index (χ2v) is 5.81. The predicted molar refractivity (Wildman–Crippen MR) is 68.5 cm³/mol. The highest BCUT2D eigenvalue weighted by atomic mass is 16.3. The van der Waals surface area contributed by atoms with Crippen molar-refractivity contribution in [3.8, 4) is 0 Å². The number of carbonyl (C=O) groups is 1. The van der Waals surface area contributed by atoms with Crippen molar-refractivity contribution in [2.75, 3.05) is 0 Å². The van der Waals surface area contributed by atoms with Crippen molar-refractivity contribution >= 4 is 5.78 Å². The number of carbonyl (C=O) groups excluding carboxylic acids is 1. The summed E-state index contributed by atoms with van der Waals surface area (Å²) >= 11 is 0. The first-order valence-corrected chi connectivity index (χ1v) is 6.53. The van der Waals surface area contributed by atoms with Crippen LogP contribution >= 0.6 is 0 Å². The smallest absolute Gasteiger partial charge is 0.159 e. The summed E-state index contributed by atoms with van der Waals surface area (Å²) in [6.45, 7) is 8.04. The first-order chi connectivity index (χ1) is 7.99. The molecule has 0 saturated heterocycles. The van der Waals surface area contributed by atoms with Crippen LogP contribution in [0.1, 0.15) is 39.5 Å². The zero-order chi connectivity index (χ0) is 12.6. The van der Waals surface area contributed by atoms with Crippen LogP contribution in [0.25, 0.3) is 0 Å². The normalized spacial score (nSPS) is 41.7. The Morgan fingerprint density at radius 2 is 2.35 bits per heavy atom. The van der Waals surface area contributed by atoms with Gasteiger partial charge in [-0.1, -0.05) is 25.5 Å². The summed E-state index contributed by atoms with van der Waals surface area (Å²) in [5.74, 6) is 0.554. The van der Waals surface area contributed by atoms with Crippen molar-refractivity contribution in [1.29, 1.82) is 0 Å². The molecule has 1 fully saturated rings. The molecule has 0 radical (unpaired) electrons. The summed E-state index contributed by atoms with van der Waals surface area (Å²) in [6, 6.07) is 0. The van der Waals surface area contributed by atoms with Gasteiger partial charge >= 0.3 is 0 Å². The molecule has 1 N–H and O–H groups in total. The lowest BCUT2D eigenvalue weighted by Gasteiger charge is -2.48. The Bertz CT molecular complexity index is 369. The van der Waals surface area contributed by atoms with Crippen molar-refractivity contribution in [1.82, 2.24) is 0 Å². The van der Waals surface area contributed by atoms with Crippen molar-refractivity contribution in [3.63, 3.8) is 0 Å². The third-order valence-corrected chi connectivity index (χ3v) is 4.87. The van der Waals surface area contributed by atoms with Gasteiger partial charge in [0.25, 0.3) is 0 Å². The molecule has 2 aliphatic rings.